The molecule has 0 radical (unpaired) electrons. The van der Waals surface area contributed by atoms with Crippen molar-refractivity contribution >= 4 is 34.4 Å². The van der Waals surface area contributed by atoms with Crippen LogP contribution in [0.4, 0.5) is 8.78 Å². The molecule has 2 rings (SSSR count). The predicted molar refractivity (Wildman–Crippen MR) is 142 cm³/mol. The number of methoxy groups -OCH3 is 1. The van der Waals surface area contributed by atoms with Crippen LogP contribution in [0.15, 0.2) is 52.1 Å². The Bertz CT molecular complexity index is 1110. The summed E-state index contributed by atoms with van der Waals surface area (Å²) in [5.74, 6) is -0.682. The van der Waals surface area contributed by atoms with E-state index in [0.717, 1.165) is 23.3 Å². The van der Waals surface area contributed by atoms with E-state index < -0.39 is 11.6 Å². The van der Waals surface area contributed by atoms with Crippen molar-refractivity contribution in [3.8, 4) is 11.5 Å². The molecule has 0 saturated carbocycles. The Balaban J connectivity index is 2.06. The molecule has 0 unspecified atom stereocenters. The summed E-state index contributed by atoms with van der Waals surface area (Å²) in [4.78, 5) is 8.24. The molecule has 190 valence electrons. The van der Waals surface area contributed by atoms with Crippen LogP contribution < -0.4 is 20.9 Å². The molecular weight excluding hydrogens is 494 g/mol. The van der Waals surface area contributed by atoms with Crippen molar-refractivity contribution in [2.45, 2.75) is 38.9 Å². The van der Waals surface area contributed by atoms with Gasteiger partial charge in [-0.05, 0) is 37.1 Å². The lowest BCUT2D eigenvalue weighted by Gasteiger charge is -2.27. The third-order valence-electron chi connectivity index (χ3n) is 5.49. The molecule has 0 heterocycles. The van der Waals surface area contributed by atoms with Crippen LogP contribution in [0.2, 0.25) is 5.02 Å². The number of benzene rings is 2. The minimum absolute atomic E-state index is 0.0459. The molecule has 0 aliphatic carbocycles. The van der Waals surface area contributed by atoms with E-state index in [1.165, 1.54) is 11.8 Å². The van der Waals surface area contributed by atoms with Gasteiger partial charge < -0.3 is 20.9 Å². The first-order chi connectivity index (χ1) is 16.4. The van der Waals surface area contributed by atoms with E-state index in [1.54, 1.807) is 26.3 Å². The van der Waals surface area contributed by atoms with Crippen molar-refractivity contribution in [1.82, 2.24) is 0 Å². The van der Waals surface area contributed by atoms with Gasteiger partial charge in [0.2, 0.25) is 0 Å². The van der Waals surface area contributed by atoms with Crippen molar-refractivity contribution in [2.75, 3.05) is 20.3 Å². The standard InChI is InChI=1S/C25H31ClF2N4O2S/c1-15(25(3,4)17-6-7-20(26)23(10-17)33-5)13-32-16(2)35-14-19-21(27)11-18(12-22(19)28)34-9-8-31-24(29)30/h6-7,10-13H,8-9,14H2,1-5H3,(H4,29,30,31)/b15-13+,32-16?. The SMILES string of the molecule is COc1cc(C(C)(C)/C(C)=C/N=C(C)SCc2c(F)cc(OCCN=C(N)N)cc2F)ccc1Cl. The zero-order chi connectivity index (χ0) is 26.2. The maximum atomic E-state index is 14.5. The monoisotopic (exact) mass is 524 g/mol. The molecule has 0 aliphatic rings. The summed E-state index contributed by atoms with van der Waals surface area (Å²) in [5.41, 5.74) is 12.1. The Morgan fingerprint density at radius 1 is 1.14 bits per heavy atom. The van der Waals surface area contributed by atoms with E-state index in [4.69, 9.17) is 32.5 Å². The van der Waals surface area contributed by atoms with Gasteiger partial charge in [-0.3, -0.25) is 9.98 Å². The third kappa shape index (κ3) is 8.14. The molecule has 0 amide bonds. The fraction of sp³-hybridized carbons (Fsp3) is 0.360. The maximum Gasteiger partial charge on any atom is 0.186 e. The number of hydrogen-bond acceptors (Lipinski definition) is 5. The van der Waals surface area contributed by atoms with Gasteiger partial charge in [0.25, 0.3) is 0 Å². The van der Waals surface area contributed by atoms with Gasteiger partial charge in [-0.2, -0.15) is 0 Å². The summed E-state index contributed by atoms with van der Waals surface area (Å²) in [5, 5.41) is 1.22. The lowest BCUT2D eigenvalue weighted by molar-refractivity contribution is 0.324. The van der Waals surface area contributed by atoms with Gasteiger partial charge in [-0.25, -0.2) is 8.78 Å². The van der Waals surface area contributed by atoms with E-state index >= 15 is 0 Å². The molecule has 2 aromatic carbocycles. The van der Waals surface area contributed by atoms with Gasteiger partial charge in [0.05, 0.1) is 23.7 Å². The molecule has 0 saturated heterocycles. The number of nitrogens with zero attached hydrogens (tertiary/aromatic N) is 2. The van der Waals surface area contributed by atoms with E-state index in [1.807, 2.05) is 19.1 Å². The van der Waals surface area contributed by atoms with Gasteiger partial charge in [-0.15, -0.1) is 11.8 Å². The Kier molecular flexibility index (Phi) is 10.4. The molecule has 35 heavy (non-hydrogen) atoms. The minimum Gasteiger partial charge on any atom is -0.495 e. The van der Waals surface area contributed by atoms with Gasteiger partial charge in [0.1, 0.15) is 29.7 Å². The lowest BCUT2D eigenvalue weighted by atomic mass is 9.78. The average Bonchev–Trinajstić information content (AvgIpc) is 2.79. The fourth-order valence-corrected chi connectivity index (χ4v) is 3.93. The summed E-state index contributed by atoms with van der Waals surface area (Å²) < 4.78 is 39.6. The van der Waals surface area contributed by atoms with Crippen LogP contribution in [0, 0.1) is 11.6 Å². The van der Waals surface area contributed by atoms with Crippen LogP contribution in [0.3, 0.4) is 0 Å². The summed E-state index contributed by atoms with van der Waals surface area (Å²) in [6, 6.07) is 7.96. The summed E-state index contributed by atoms with van der Waals surface area (Å²) in [6.07, 6.45) is 1.77. The van der Waals surface area contributed by atoms with Crippen LogP contribution in [0.25, 0.3) is 0 Å². The highest BCUT2D eigenvalue weighted by Crippen LogP contribution is 2.36. The number of thioether (sulfide) groups is 1. The van der Waals surface area contributed by atoms with Gasteiger partial charge in [-0.1, -0.05) is 31.5 Å². The molecule has 4 N–H and O–H groups in total. The number of allylic oxidation sites excluding steroid dienone is 1. The predicted octanol–water partition coefficient (Wildman–Crippen LogP) is 5.81. The Morgan fingerprint density at radius 3 is 2.40 bits per heavy atom. The smallest absolute Gasteiger partial charge is 0.186 e. The Labute approximate surface area is 214 Å². The first-order valence-corrected chi connectivity index (χ1v) is 12.2. The second kappa shape index (κ2) is 12.8. The number of rotatable bonds is 10. The number of guanidine groups is 1. The van der Waals surface area contributed by atoms with Crippen LogP contribution in [0.1, 0.15) is 38.8 Å². The quantitative estimate of drug-likeness (QED) is 0.232. The second-order valence-electron chi connectivity index (χ2n) is 8.24. The Morgan fingerprint density at radius 2 is 1.80 bits per heavy atom. The third-order valence-corrected chi connectivity index (χ3v) is 6.76. The van der Waals surface area contributed by atoms with Gasteiger partial charge in [0.15, 0.2) is 5.96 Å². The topological polar surface area (TPSA) is 95.2 Å². The molecule has 0 atom stereocenters. The molecule has 0 aromatic heterocycles. The highest BCUT2D eigenvalue weighted by molar-refractivity contribution is 8.13. The zero-order valence-electron chi connectivity index (χ0n) is 20.5. The Hall–Kier alpha value is -2.78. The molecule has 0 spiro atoms. The first-order valence-electron chi connectivity index (χ1n) is 10.8. The molecule has 10 heteroatoms. The lowest BCUT2D eigenvalue weighted by Crippen LogP contribution is -2.23. The van der Waals surface area contributed by atoms with Crippen molar-refractivity contribution < 1.29 is 18.3 Å². The van der Waals surface area contributed by atoms with Crippen LogP contribution in [0.5, 0.6) is 11.5 Å². The first kappa shape index (κ1) is 28.5. The van der Waals surface area contributed by atoms with E-state index in [9.17, 15) is 8.78 Å². The number of halogens is 3. The summed E-state index contributed by atoms with van der Waals surface area (Å²) in [7, 11) is 1.58. The number of ether oxygens (including phenoxy) is 2. The normalized spacial score (nSPS) is 12.5. The van der Waals surface area contributed by atoms with Crippen molar-refractivity contribution in [2.24, 2.45) is 21.5 Å². The van der Waals surface area contributed by atoms with E-state index in [0.29, 0.717) is 15.8 Å². The van der Waals surface area contributed by atoms with Gasteiger partial charge >= 0.3 is 0 Å². The van der Waals surface area contributed by atoms with Gasteiger partial charge in [0, 0.05) is 35.1 Å². The molecule has 2 aromatic rings. The molecular formula is C25H31ClF2N4O2S. The van der Waals surface area contributed by atoms with Crippen LogP contribution >= 0.6 is 23.4 Å². The number of hydrogen-bond donors (Lipinski definition) is 2. The van der Waals surface area contributed by atoms with E-state index in [-0.39, 0.29) is 41.6 Å². The molecule has 0 fully saturated rings. The number of aliphatic imine (C=N–C) groups is 2. The highest BCUT2D eigenvalue weighted by atomic mass is 35.5. The second-order valence-corrected chi connectivity index (χ2v) is 9.82. The maximum absolute atomic E-state index is 14.5. The average molecular weight is 525 g/mol. The van der Waals surface area contributed by atoms with Crippen molar-refractivity contribution in [1.29, 1.82) is 0 Å². The van der Waals surface area contributed by atoms with Crippen LogP contribution in [-0.4, -0.2) is 31.3 Å². The van der Waals surface area contributed by atoms with Crippen molar-refractivity contribution in [3.63, 3.8) is 0 Å². The van der Waals surface area contributed by atoms with Crippen molar-refractivity contribution in [3.05, 3.63) is 69.9 Å². The summed E-state index contributed by atoms with van der Waals surface area (Å²) in [6.45, 7) is 8.21. The fourth-order valence-electron chi connectivity index (χ4n) is 2.98. The number of nitrogens with two attached hydrogens (primary N) is 2. The molecule has 0 aliphatic heterocycles. The van der Waals surface area contributed by atoms with Crippen LogP contribution in [-0.2, 0) is 11.2 Å². The summed E-state index contributed by atoms with van der Waals surface area (Å²) >= 11 is 7.39. The highest BCUT2D eigenvalue weighted by Gasteiger charge is 2.24. The van der Waals surface area contributed by atoms with E-state index in [2.05, 4.69) is 23.8 Å². The zero-order valence-corrected chi connectivity index (χ0v) is 22.1. The molecule has 0 bridgehead atoms. The largest absolute Gasteiger partial charge is 0.495 e. The molecule has 6 nitrogen and oxygen atoms in total. The minimum atomic E-state index is -0.688.